The lowest BCUT2D eigenvalue weighted by atomic mass is 10.3. The third kappa shape index (κ3) is 1.83. The molecule has 3 heteroatoms. The SMILES string of the molecule is CCNc1ccc(F)c(O)c1. The topological polar surface area (TPSA) is 32.3 Å². The molecule has 0 amide bonds. The number of aromatic hydroxyl groups is 1. The summed E-state index contributed by atoms with van der Waals surface area (Å²) < 4.78 is 12.5. The molecule has 0 atom stereocenters. The average Bonchev–Trinajstić information content (AvgIpc) is 1.98. The summed E-state index contributed by atoms with van der Waals surface area (Å²) in [5, 5.41) is 11.9. The van der Waals surface area contributed by atoms with Crippen LogP contribution in [0.5, 0.6) is 5.75 Å². The van der Waals surface area contributed by atoms with Crippen molar-refractivity contribution in [2.75, 3.05) is 11.9 Å². The van der Waals surface area contributed by atoms with Gasteiger partial charge in [0.25, 0.3) is 0 Å². The number of benzene rings is 1. The molecule has 1 aromatic rings. The molecule has 1 rings (SSSR count). The zero-order valence-electron chi connectivity index (χ0n) is 6.26. The van der Waals surface area contributed by atoms with Crippen LogP contribution in [0.15, 0.2) is 18.2 Å². The Morgan fingerprint density at radius 2 is 2.27 bits per heavy atom. The first-order chi connectivity index (χ1) is 5.24. The highest BCUT2D eigenvalue weighted by Crippen LogP contribution is 2.19. The zero-order valence-corrected chi connectivity index (χ0v) is 6.26. The molecule has 0 aliphatic carbocycles. The van der Waals surface area contributed by atoms with Crippen molar-refractivity contribution in [3.05, 3.63) is 24.0 Å². The maximum atomic E-state index is 12.5. The largest absolute Gasteiger partial charge is 0.505 e. The predicted octanol–water partition coefficient (Wildman–Crippen LogP) is 1.96. The fourth-order valence-corrected chi connectivity index (χ4v) is 0.827. The second kappa shape index (κ2) is 3.23. The van der Waals surface area contributed by atoms with Crippen LogP contribution < -0.4 is 5.32 Å². The van der Waals surface area contributed by atoms with Crippen LogP contribution in [0.2, 0.25) is 0 Å². The first-order valence-electron chi connectivity index (χ1n) is 3.46. The van der Waals surface area contributed by atoms with Gasteiger partial charge in [-0.25, -0.2) is 4.39 Å². The van der Waals surface area contributed by atoms with E-state index < -0.39 is 5.82 Å². The van der Waals surface area contributed by atoms with E-state index in [-0.39, 0.29) is 5.75 Å². The average molecular weight is 155 g/mol. The molecular weight excluding hydrogens is 145 g/mol. The molecule has 60 valence electrons. The van der Waals surface area contributed by atoms with E-state index in [9.17, 15) is 4.39 Å². The molecule has 11 heavy (non-hydrogen) atoms. The maximum Gasteiger partial charge on any atom is 0.164 e. The highest BCUT2D eigenvalue weighted by Gasteiger charge is 1.98. The van der Waals surface area contributed by atoms with Gasteiger partial charge in [0.15, 0.2) is 11.6 Å². The van der Waals surface area contributed by atoms with Gasteiger partial charge in [0.05, 0.1) is 0 Å². The molecule has 0 aromatic heterocycles. The summed E-state index contributed by atoms with van der Waals surface area (Å²) in [7, 11) is 0. The lowest BCUT2D eigenvalue weighted by molar-refractivity contribution is 0.433. The Labute approximate surface area is 64.7 Å². The Kier molecular flexibility index (Phi) is 2.31. The molecule has 2 nitrogen and oxygen atoms in total. The Morgan fingerprint density at radius 3 is 2.82 bits per heavy atom. The molecule has 0 aliphatic heterocycles. The van der Waals surface area contributed by atoms with E-state index in [1.807, 2.05) is 6.92 Å². The Hall–Kier alpha value is -1.25. The lowest BCUT2D eigenvalue weighted by Crippen LogP contribution is -1.95. The molecule has 0 aliphatic rings. The minimum absolute atomic E-state index is 0.316. The number of phenols is 1. The van der Waals surface area contributed by atoms with Crippen molar-refractivity contribution < 1.29 is 9.50 Å². The number of hydrogen-bond donors (Lipinski definition) is 2. The number of halogens is 1. The fraction of sp³-hybridized carbons (Fsp3) is 0.250. The van der Waals surface area contributed by atoms with Crippen LogP contribution >= 0.6 is 0 Å². The number of hydrogen-bond acceptors (Lipinski definition) is 2. The summed E-state index contributed by atoms with van der Waals surface area (Å²) >= 11 is 0. The van der Waals surface area contributed by atoms with Crippen LogP contribution in [0, 0.1) is 5.82 Å². The summed E-state index contributed by atoms with van der Waals surface area (Å²) in [6, 6.07) is 4.17. The summed E-state index contributed by atoms with van der Waals surface area (Å²) in [6.07, 6.45) is 0. The minimum Gasteiger partial charge on any atom is -0.505 e. The van der Waals surface area contributed by atoms with Crippen molar-refractivity contribution in [1.82, 2.24) is 0 Å². The minimum atomic E-state index is -0.591. The first kappa shape index (κ1) is 7.85. The third-order valence-electron chi connectivity index (χ3n) is 1.33. The highest BCUT2D eigenvalue weighted by molar-refractivity contribution is 5.48. The summed E-state index contributed by atoms with van der Waals surface area (Å²) in [5.74, 6) is -0.907. The van der Waals surface area contributed by atoms with Crippen molar-refractivity contribution in [1.29, 1.82) is 0 Å². The Bertz CT molecular complexity index is 250. The zero-order chi connectivity index (χ0) is 8.27. The smallest absolute Gasteiger partial charge is 0.164 e. The van der Waals surface area contributed by atoms with Crippen LogP contribution in [0.4, 0.5) is 10.1 Å². The van der Waals surface area contributed by atoms with Gasteiger partial charge < -0.3 is 10.4 Å². The van der Waals surface area contributed by atoms with Gasteiger partial charge in [0.2, 0.25) is 0 Å². The van der Waals surface area contributed by atoms with E-state index in [1.165, 1.54) is 12.1 Å². The van der Waals surface area contributed by atoms with Gasteiger partial charge >= 0.3 is 0 Å². The maximum absolute atomic E-state index is 12.5. The van der Waals surface area contributed by atoms with E-state index in [2.05, 4.69) is 5.32 Å². The van der Waals surface area contributed by atoms with Gasteiger partial charge in [-0.15, -0.1) is 0 Å². The molecule has 1 aromatic carbocycles. The van der Waals surface area contributed by atoms with Crippen molar-refractivity contribution in [3.63, 3.8) is 0 Å². The number of anilines is 1. The number of phenolic OH excluding ortho intramolecular Hbond substituents is 1. The summed E-state index contributed by atoms with van der Waals surface area (Å²) in [6.45, 7) is 2.69. The van der Waals surface area contributed by atoms with Gasteiger partial charge in [-0.05, 0) is 19.1 Å². The predicted molar refractivity (Wildman–Crippen MR) is 42.2 cm³/mol. The molecule has 0 unspecified atom stereocenters. The molecule has 2 N–H and O–H groups in total. The Balaban J connectivity index is 2.86. The second-order valence-electron chi connectivity index (χ2n) is 2.20. The molecule has 0 saturated heterocycles. The molecule has 0 saturated carbocycles. The first-order valence-corrected chi connectivity index (χ1v) is 3.46. The quantitative estimate of drug-likeness (QED) is 0.684. The Morgan fingerprint density at radius 1 is 1.55 bits per heavy atom. The van der Waals surface area contributed by atoms with Crippen LogP contribution in [-0.4, -0.2) is 11.7 Å². The van der Waals surface area contributed by atoms with Gasteiger partial charge in [-0.1, -0.05) is 0 Å². The van der Waals surface area contributed by atoms with Gasteiger partial charge in [0, 0.05) is 18.3 Å². The van der Waals surface area contributed by atoms with E-state index in [0.29, 0.717) is 0 Å². The van der Waals surface area contributed by atoms with Crippen LogP contribution in [-0.2, 0) is 0 Å². The summed E-state index contributed by atoms with van der Waals surface area (Å²) in [4.78, 5) is 0. The van der Waals surface area contributed by atoms with Crippen LogP contribution in [0.3, 0.4) is 0 Å². The van der Waals surface area contributed by atoms with E-state index >= 15 is 0 Å². The second-order valence-corrected chi connectivity index (χ2v) is 2.20. The van der Waals surface area contributed by atoms with Crippen molar-refractivity contribution in [3.8, 4) is 5.75 Å². The normalized spacial score (nSPS) is 9.64. The monoisotopic (exact) mass is 155 g/mol. The molecular formula is C8H10FNO. The molecule has 0 fully saturated rings. The standard InChI is InChI=1S/C8H10FNO/c1-2-10-6-3-4-7(9)8(11)5-6/h3-5,10-11H,2H2,1H3. The number of rotatable bonds is 2. The van der Waals surface area contributed by atoms with Gasteiger partial charge in [-0.2, -0.15) is 0 Å². The molecule has 0 bridgehead atoms. The summed E-state index contributed by atoms with van der Waals surface area (Å²) in [5.41, 5.74) is 0.728. The molecule has 0 spiro atoms. The highest BCUT2D eigenvalue weighted by atomic mass is 19.1. The number of nitrogens with one attached hydrogen (secondary N) is 1. The van der Waals surface area contributed by atoms with Crippen LogP contribution in [0.25, 0.3) is 0 Å². The van der Waals surface area contributed by atoms with Crippen molar-refractivity contribution >= 4 is 5.69 Å². The van der Waals surface area contributed by atoms with E-state index in [1.54, 1.807) is 6.07 Å². The van der Waals surface area contributed by atoms with Gasteiger partial charge in [-0.3, -0.25) is 0 Å². The molecule has 0 heterocycles. The van der Waals surface area contributed by atoms with E-state index in [4.69, 9.17) is 5.11 Å². The van der Waals surface area contributed by atoms with Crippen molar-refractivity contribution in [2.45, 2.75) is 6.92 Å². The van der Waals surface area contributed by atoms with Crippen LogP contribution in [0.1, 0.15) is 6.92 Å². The molecule has 0 radical (unpaired) electrons. The lowest BCUT2D eigenvalue weighted by Gasteiger charge is -2.02. The van der Waals surface area contributed by atoms with Crippen molar-refractivity contribution in [2.24, 2.45) is 0 Å². The third-order valence-corrected chi connectivity index (χ3v) is 1.33. The van der Waals surface area contributed by atoms with E-state index in [0.717, 1.165) is 12.2 Å². The fourth-order valence-electron chi connectivity index (χ4n) is 0.827. The van der Waals surface area contributed by atoms with Gasteiger partial charge in [0.1, 0.15) is 0 Å².